The van der Waals surface area contributed by atoms with E-state index >= 15 is 0 Å². The van der Waals surface area contributed by atoms with Gasteiger partial charge in [-0.05, 0) is 50.6 Å². The van der Waals surface area contributed by atoms with Gasteiger partial charge in [0.15, 0.2) is 0 Å². The van der Waals surface area contributed by atoms with E-state index in [9.17, 15) is 4.79 Å². The topological polar surface area (TPSA) is 34.5 Å². The number of benzene rings is 1. The number of hydrogen-bond acceptors (Lipinski definition) is 3. The molecule has 4 heteroatoms. The standard InChI is InChI=1S/C18H24N2O2/c1-2-9-20-12-8-15-16(18(20)21)6-5-7-17(15)22-14-13-19-10-3-4-11-19/h5-8,12H,2-4,9-11,13-14H2,1H3. The summed E-state index contributed by atoms with van der Waals surface area (Å²) in [6.45, 7) is 6.84. The molecule has 3 rings (SSSR count). The second-order valence-corrected chi connectivity index (χ2v) is 5.93. The van der Waals surface area contributed by atoms with E-state index in [1.165, 1.54) is 25.9 Å². The summed E-state index contributed by atoms with van der Waals surface area (Å²) in [6, 6.07) is 7.75. The molecule has 1 aliphatic heterocycles. The lowest BCUT2D eigenvalue weighted by Crippen LogP contribution is -2.25. The second kappa shape index (κ2) is 6.97. The van der Waals surface area contributed by atoms with Crippen LogP contribution in [0, 0.1) is 0 Å². The van der Waals surface area contributed by atoms with E-state index in [4.69, 9.17) is 4.74 Å². The number of aromatic nitrogens is 1. The summed E-state index contributed by atoms with van der Waals surface area (Å²) in [7, 11) is 0. The Hall–Kier alpha value is -1.81. The van der Waals surface area contributed by atoms with E-state index in [2.05, 4.69) is 11.8 Å². The first-order valence-corrected chi connectivity index (χ1v) is 8.27. The third-order valence-corrected chi connectivity index (χ3v) is 4.31. The van der Waals surface area contributed by atoms with Gasteiger partial charge in [-0.1, -0.05) is 13.0 Å². The second-order valence-electron chi connectivity index (χ2n) is 5.93. The molecule has 0 amide bonds. The fourth-order valence-corrected chi connectivity index (χ4v) is 3.12. The minimum absolute atomic E-state index is 0.0735. The number of pyridine rings is 1. The van der Waals surface area contributed by atoms with Crippen molar-refractivity contribution < 1.29 is 4.74 Å². The van der Waals surface area contributed by atoms with Crippen LogP contribution in [0.15, 0.2) is 35.3 Å². The summed E-state index contributed by atoms with van der Waals surface area (Å²) in [5.74, 6) is 0.817. The van der Waals surface area contributed by atoms with Crippen LogP contribution in [0.5, 0.6) is 5.75 Å². The van der Waals surface area contributed by atoms with Crippen LogP contribution in [-0.4, -0.2) is 35.7 Å². The van der Waals surface area contributed by atoms with Gasteiger partial charge in [-0.2, -0.15) is 0 Å². The summed E-state index contributed by atoms with van der Waals surface area (Å²) < 4.78 is 7.72. The fraction of sp³-hybridized carbons (Fsp3) is 0.500. The highest BCUT2D eigenvalue weighted by Gasteiger charge is 2.12. The first-order chi connectivity index (χ1) is 10.8. The van der Waals surface area contributed by atoms with Gasteiger partial charge in [0, 0.05) is 24.7 Å². The van der Waals surface area contributed by atoms with Gasteiger partial charge < -0.3 is 9.30 Å². The molecule has 0 atom stereocenters. The lowest BCUT2D eigenvalue weighted by molar-refractivity contribution is 0.239. The summed E-state index contributed by atoms with van der Waals surface area (Å²) in [4.78, 5) is 14.9. The van der Waals surface area contributed by atoms with Gasteiger partial charge in [0.25, 0.3) is 5.56 Å². The lowest BCUT2D eigenvalue weighted by atomic mass is 10.1. The zero-order valence-electron chi connectivity index (χ0n) is 13.3. The van der Waals surface area contributed by atoms with Crippen LogP contribution in [0.3, 0.4) is 0 Å². The third kappa shape index (κ3) is 3.17. The van der Waals surface area contributed by atoms with Crippen LogP contribution in [0.4, 0.5) is 0 Å². The molecule has 0 aliphatic carbocycles. The molecule has 22 heavy (non-hydrogen) atoms. The highest BCUT2D eigenvalue weighted by atomic mass is 16.5. The number of likely N-dealkylation sites (tertiary alicyclic amines) is 1. The van der Waals surface area contributed by atoms with Gasteiger partial charge in [-0.25, -0.2) is 0 Å². The Morgan fingerprint density at radius 2 is 1.91 bits per heavy atom. The van der Waals surface area contributed by atoms with E-state index in [0.29, 0.717) is 6.61 Å². The number of ether oxygens (including phenoxy) is 1. The van der Waals surface area contributed by atoms with Gasteiger partial charge in [0.1, 0.15) is 12.4 Å². The van der Waals surface area contributed by atoms with E-state index in [1.807, 2.05) is 30.5 Å². The molecule has 2 heterocycles. The van der Waals surface area contributed by atoms with Crippen molar-refractivity contribution in [2.24, 2.45) is 0 Å². The fourth-order valence-electron chi connectivity index (χ4n) is 3.12. The summed E-state index contributed by atoms with van der Waals surface area (Å²) >= 11 is 0. The van der Waals surface area contributed by atoms with Crippen LogP contribution >= 0.6 is 0 Å². The Kier molecular flexibility index (Phi) is 4.78. The molecule has 0 N–H and O–H groups in total. The van der Waals surface area contributed by atoms with Crippen LogP contribution in [0.2, 0.25) is 0 Å². The Morgan fingerprint density at radius 3 is 2.68 bits per heavy atom. The molecule has 0 radical (unpaired) electrons. The molecule has 0 bridgehead atoms. The zero-order chi connectivity index (χ0) is 15.4. The van der Waals surface area contributed by atoms with Crippen molar-refractivity contribution in [3.63, 3.8) is 0 Å². The minimum atomic E-state index is 0.0735. The number of fused-ring (bicyclic) bond motifs is 1. The molecule has 2 aromatic rings. The average Bonchev–Trinajstić information content (AvgIpc) is 3.04. The summed E-state index contributed by atoms with van der Waals surface area (Å²) in [5, 5.41) is 1.66. The Labute approximate surface area is 131 Å². The summed E-state index contributed by atoms with van der Waals surface area (Å²) in [5.41, 5.74) is 0.0735. The highest BCUT2D eigenvalue weighted by Crippen LogP contribution is 2.23. The third-order valence-electron chi connectivity index (χ3n) is 4.31. The maximum Gasteiger partial charge on any atom is 0.258 e. The maximum atomic E-state index is 12.5. The van der Waals surface area contributed by atoms with Crippen molar-refractivity contribution in [1.82, 2.24) is 9.47 Å². The maximum absolute atomic E-state index is 12.5. The van der Waals surface area contributed by atoms with Crippen LogP contribution in [0.1, 0.15) is 26.2 Å². The minimum Gasteiger partial charge on any atom is -0.492 e. The van der Waals surface area contributed by atoms with Crippen molar-refractivity contribution in [3.05, 3.63) is 40.8 Å². The van der Waals surface area contributed by atoms with Crippen molar-refractivity contribution in [3.8, 4) is 5.75 Å². The smallest absolute Gasteiger partial charge is 0.258 e. The van der Waals surface area contributed by atoms with Gasteiger partial charge in [0.05, 0.1) is 5.39 Å². The Balaban J connectivity index is 1.77. The van der Waals surface area contributed by atoms with E-state index in [0.717, 1.165) is 36.0 Å². The first-order valence-electron chi connectivity index (χ1n) is 8.27. The molecule has 118 valence electrons. The van der Waals surface area contributed by atoms with Crippen LogP contribution < -0.4 is 10.3 Å². The van der Waals surface area contributed by atoms with Gasteiger partial charge in [-0.3, -0.25) is 9.69 Å². The molecule has 0 spiro atoms. The zero-order valence-corrected chi connectivity index (χ0v) is 13.3. The predicted molar refractivity (Wildman–Crippen MR) is 89.7 cm³/mol. The number of aryl methyl sites for hydroxylation is 1. The van der Waals surface area contributed by atoms with Crippen molar-refractivity contribution >= 4 is 10.8 Å². The van der Waals surface area contributed by atoms with Crippen molar-refractivity contribution in [2.75, 3.05) is 26.2 Å². The van der Waals surface area contributed by atoms with Crippen molar-refractivity contribution in [2.45, 2.75) is 32.7 Å². The molecular weight excluding hydrogens is 276 g/mol. The van der Waals surface area contributed by atoms with Crippen LogP contribution in [-0.2, 0) is 6.54 Å². The van der Waals surface area contributed by atoms with E-state index in [1.54, 1.807) is 4.57 Å². The molecule has 1 aliphatic rings. The average molecular weight is 300 g/mol. The first kappa shape index (κ1) is 15.1. The number of nitrogens with zero attached hydrogens (tertiary/aromatic N) is 2. The van der Waals surface area contributed by atoms with Crippen molar-refractivity contribution in [1.29, 1.82) is 0 Å². The summed E-state index contributed by atoms with van der Waals surface area (Å²) in [6.07, 6.45) is 5.43. The lowest BCUT2D eigenvalue weighted by Gasteiger charge is -2.16. The van der Waals surface area contributed by atoms with Crippen LogP contribution in [0.25, 0.3) is 10.8 Å². The number of rotatable bonds is 6. The highest BCUT2D eigenvalue weighted by molar-refractivity contribution is 5.87. The molecule has 0 saturated carbocycles. The molecular formula is C18H24N2O2. The van der Waals surface area contributed by atoms with Gasteiger partial charge in [-0.15, -0.1) is 0 Å². The van der Waals surface area contributed by atoms with E-state index < -0.39 is 0 Å². The van der Waals surface area contributed by atoms with E-state index in [-0.39, 0.29) is 5.56 Å². The number of hydrogen-bond donors (Lipinski definition) is 0. The molecule has 1 saturated heterocycles. The predicted octanol–water partition coefficient (Wildman–Crippen LogP) is 2.89. The SMILES string of the molecule is CCCn1ccc2c(OCCN3CCCC3)cccc2c1=O. The molecule has 0 unspecified atom stereocenters. The molecule has 1 aromatic carbocycles. The normalized spacial score (nSPS) is 15.5. The Bertz CT molecular complexity index is 687. The molecule has 4 nitrogen and oxygen atoms in total. The van der Waals surface area contributed by atoms with Gasteiger partial charge >= 0.3 is 0 Å². The Morgan fingerprint density at radius 1 is 1.09 bits per heavy atom. The monoisotopic (exact) mass is 300 g/mol. The quantitative estimate of drug-likeness (QED) is 0.822. The largest absolute Gasteiger partial charge is 0.492 e. The molecule has 1 aromatic heterocycles. The van der Waals surface area contributed by atoms with Gasteiger partial charge in [0.2, 0.25) is 0 Å². The molecule has 1 fully saturated rings.